The summed E-state index contributed by atoms with van der Waals surface area (Å²) in [5.74, 6) is 1.57. The number of likely N-dealkylation sites (N-methyl/N-ethyl adjacent to an activating group) is 1. The third-order valence-corrected chi connectivity index (χ3v) is 6.36. The van der Waals surface area contributed by atoms with Crippen molar-refractivity contribution in [2.45, 2.75) is 51.6 Å². The summed E-state index contributed by atoms with van der Waals surface area (Å²) in [4.78, 5) is 23.4. The van der Waals surface area contributed by atoms with E-state index in [2.05, 4.69) is 50.5 Å². The van der Waals surface area contributed by atoms with E-state index in [-0.39, 0.29) is 11.9 Å². The summed E-state index contributed by atoms with van der Waals surface area (Å²) in [6.07, 6.45) is 7.78. The number of hydrogen-bond donors (Lipinski definition) is 1. The molecule has 7 nitrogen and oxygen atoms in total. The second-order valence-electron chi connectivity index (χ2n) is 8.36. The molecule has 3 heterocycles. The number of nitrogens with one attached hydrogen (secondary N) is 1. The fraction of sp³-hybridized carbons (Fsp3) is 0.391. The van der Waals surface area contributed by atoms with Crippen LogP contribution in [0.2, 0.25) is 0 Å². The minimum atomic E-state index is -0.242. The Morgan fingerprint density at radius 3 is 2.60 bits per heavy atom. The molecule has 5 rings (SSSR count). The number of carbonyl (C=O) groups is 1. The maximum Gasteiger partial charge on any atom is 0.246 e. The van der Waals surface area contributed by atoms with Gasteiger partial charge in [-0.3, -0.25) is 9.48 Å². The van der Waals surface area contributed by atoms with Crippen LogP contribution in [0.5, 0.6) is 0 Å². The van der Waals surface area contributed by atoms with Gasteiger partial charge >= 0.3 is 0 Å². The van der Waals surface area contributed by atoms with Crippen LogP contribution in [0.4, 0.5) is 11.5 Å². The van der Waals surface area contributed by atoms with E-state index in [1.807, 2.05) is 32.0 Å². The van der Waals surface area contributed by atoms with Crippen LogP contribution in [0.3, 0.4) is 0 Å². The number of nitrogens with zero attached hydrogens (tertiary/aromatic N) is 5. The molecular formula is C23H26N6O. The Kier molecular flexibility index (Phi) is 4.53. The minimum Gasteiger partial charge on any atom is -0.346 e. The lowest BCUT2D eigenvalue weighted by Gasteiger charge is -2.32. The van der Waals surface area contributed by atoms with Crippen molar-refractivity contribution < 1.29 is 4.79 Å². The molecule has 0 fully saturated rings. The zero-order valence-corrected chi connectivity index (χ0v) is 17.6. The first-order chi connectivity index (χ1) is 14.5. The highest BCUT2D eigenvalue weighted by molar-refractivity contribution is 6.02. The summed E-state index contributed by atoms with van der Waals surface area (Å²) in [5, 5.41) is 7.56. The Labute approximate surface area is 176 Å². The fourth-order valence-electron chi connectivity index (χ4n) is 4.40. The lowest BCUT2D eigenvalue weighted by atomic mass is 10.1. The normalized spacial score (nSPS) is 18.3. The molecule has 0 radical (unpaired) electrons. The average molecular weight is 403 g/mol. The number of aromatic nitrogens is 4. The molecule has 0 saturated heterocycles. The van der Waals surface area contributed by atoms with Crippen molar-refractivity contribution in [3.8, 4) is 0 Å². The van der Waals surface area contributed by atoms with Crippen molar-refractivity contribution in [3.63, 3.8) is 0 Å². The monoisotopic (exact) mass is 402 g/mol. The highest BCUT2D eigenvalue weighted by atomic mass is 16.2. The number of rotatable bonds is 4. The van der Waals surface area contributed by atoms with Crippen molar-refractivity contribution >= 4 is 17.4 Å². The van der Waals surface area contributed by atoms with Crippen LogP contribution >= 0.6 is 0 Å². The predicted octanol–water partition coefficient (Wildman–Crippen LogP) is 2.88. The molecule has 1 amide bonds. The van der Waals surface area contributed by atoms with Gasteiger partial charge in [0, 0.05) is 19.7 Å². The van der Waals surface area contributed by atoms with E-state index in [0.717, 1.165) is 48.7 Å². The summed E-state index contributed by atoms with van der Waals surface area (Å²) in [5.41, 5.74) is 5.59. The number of aryl methyl sites for hydroxylation is 3. The lowest BCUT2D eigenvalue weighted by Crippen LogP contribution is -2.45. The van der Waals surface area contributed by atoms with E-state index in [1.165, 1.54) is 16.7 Å². The smallest absolute Gasteiger partial charge is 0.246 e. The van der Waals surface area contributed by atoms with E-state index < -0.39 is 0 Å². The number of anilines is 2. The first-order valence-corrected chi connectivity index (χ1v) is 10.5. The molecule has 0 saturated carbocycles. The summed E-state index contributed by atoms with van der Waals surface area (Å²) in [7, 11) is 1.90. The van der Waals surface area contributed by atoms with Gasteiger partial charge in [0.05, 0.1) is 17.9 Å². The molecule has 0 unspecified atom stereocenters. The molecule has 7 heteroatoms. The number of hydrogen-bond acceptors (Lipinski definition) is 5. The average Bonchev–Trinajstić information content (AvgIpc) is 3.38. The van der Waals surface area contributed by atoms with Crippen molar-refractivity contribution in [2.24, 2.45) is 0 Å². The molecule has 1 aromatic carbocycles. The van der Waals surface area contributed by atoms with E-state index in [1.54, 1.807) is 0 Å². The number of benzene rings is 1. The van der Waals surface area contributed by atoms with E-state index in [0.29, 0.717) is 6.04 Å². The van der Waals surface area contributed by atoms with Gasteiger partial charge in [-0.05, 0) is 49.8 Å². The van der Waals surface area contributed by atoms with Crippen LogP contribution in [0.1, 0.15) is 41.2 Å². The largest absolute Gasteiger partial charge is 0.346 e. The second-order valence-corrected chi connectivity index (χ2v) is 8.36. The predicted molar refractivity (Wildman–Crippen MR) is 116 cm³/mol. The maximum atomic E-state index is 12.1. The maximum absolute atomic E-state index is 12.1. The van der Waals surface area contributed by atoms with Gasteiger partial charge in [0.2, 0.25) is 5.91 Å². The van der Waals surface area contributed by atoms with Crippen molar-refractivity contribution in [2.75, 3.05) is 17.3 Å². The minimum absolute atomic E-state index is 0.0223. The fourth-order valence-corrected chi connectivity index (χ4v) is 4.40. The first kappa shape index (κ1) is 18.8. The highest BCUT2D eigenvalue weighted by Gasteiger charge is 2.30. The van der Waals surface area contributed by atoms with Crippen molar-refractivity contribution in [1.29, 1.82) is 0 Å². The lowest BCUT2D eigenvalue weighted by molar-refractivity contribution is -0.117. The van der Waals surface area contributed by atoms with Crippen LogP contribution in [-0.4, -0.2) is 38.7 Å². The van der Waals surface area contributed by atoms with Gasteiger partial charge in [0.15, 0.2) is 5.82 Å². The number of carbonyl (C=O) groups excluding carboxylic acids is 1. The third kappa shape index (κ3) is 3.24. The molecule has 30 heavy (non-hydrogen) atoms. The van der Waals surface area contributed by atoms with E-state index in [9.17, 15) is 4.79 Å². The third-order valence-electron chi connectivity index (χ3n) is 6.36. The zero-order chi connectivity index (χ0) is 20.8. The van der Waals surface area contributed by atoms with Crippen LogP contribution in [-0.2, 0) is 30.5 Å². The number of amides is 1. The highest BCUT2D eigenvalue weighted by Crippen LogP contribution is 2.32. The summed E-state index contributed by atoms with van der Waals surface area (Å²) >= 11 is 0. The van der Waals surface area contributed by atoms with Gasteiger partial charge in [0.25, 0.3) is 0 Å². The molecule has 0 bridgehead atoms. The summed E-state index contributed by atoms with van der Waals surface area (Å²) < 4.78 is 2.11. The van der Waals surface area contributed by atoms with Gasteiger partial charge in [-0.25, -0.2) is 9.97 Å². The van der Waals surface area contributed by atoms with Gasteiger partial charge in [0.1, 0.15) is 17.6 Å². The van der Waals surface area contributed by atoms with Gasteiger partial charge in [-0.2, -0.15) is 5.10 Å². The van der Waals surface area contributed by atoms with Crippen LogP contribution in [0.25, 0.3) is 0 Å². The molecule has 154 valence electrons. The molecule has 1 atom stereocenters. The molecule has 3 aromatic rings. The summed E-state index contributed by atoms with van der Waals surface area (Å²) in [6.45, 7) is 3.80. The standard InChI is InChI=1S/C23H26N6O/c1-14-21-22(28(3)15(2)23(30)27-21)26-20(25-14)9-8-16-12-24-29(13-16)19-10-17-6-4-5-7-18(17)11-19/h4-7,12-13,15,19H,8-11H2,1-3H3,(H,27,30)/t15-/m0/s1. The molecular weight excluding hydrogens is 376 g/mol. The zero-order valence-electron chi connectivity index (χ0n) is 17.6. The van der Waals surface area contributed by atoms with Crippen LogP contribution < -0.4 is 10.2 Å². The van der Waals surface area contributed by atoms with Gasteiger partial charge < -0.3 is 10.2 Å². The van der Waals surface area contributed by atoms with Crippen LogP contribution in [0.15, 0.2) is 36.7 Å². The van der Waals surface area contributed by atoms with E-state index in [4.69, 9.17) is 4.98 Å². The molecule has 0 spiro atoms. The first-order valence-electron chi connectivity index (χ1n) is 10.5. The topological polar surface area (TPSA) is 75.9 Å². The quantitative estimate of drug-likeness (QED) is 0.726. The second kappa shape index (κ2) is 7.23. The number of fused-ring (bicyclic) bond motifs is 2. The Morgan fingerprint density at radius 1 is 1.13 bits per heavy atom. The van der Waals surface area contributed by atoms with E-state index >= 15 is 0 Å². The van der Waals surface area contributed by atoms with Crippen molar-refractivity contribution in [1.82, 2.24) is 19.7 Å². The SMILES string of the molecule is Cc1nc(CCc2cnn(C3Cc4ccccc4C3)c2)nc2c1NC(=O)[C@H](C)N2C. The Hall–Kier alpha value is -3.22. The summed E-state index contributed by atoms with van der Waals surface area (Å²) in [6, 6.07) is 8.82. The molecule has 2 aromatic heterocycles. The molecule has 1 aliphatic heterocycles. The Balaban J connectivity index is 1.29. The van der Waals surface area contributed by atoms with Gasteiger partial charge in [-0.15, -0.1) is 0 Å². The Bertz CT molecular complexity index is 1100. The van der Waals surface area contributed by atoms with Crippen LogP contribution in [0, 0.1) is 6.92 Å². The molecule has 1 N–H and O–H groups in total. The Morgan fingerprint density at radius 2 is 1.87 bits per heavy atom. The van der Waals surface area contributed by atoms with Gasteiger partial charge in [-0.1, -0.05) is 24.3 Å². The molecule has 1 aliphatic carbocycles. The molecule has 2 aliphatic rings. The van der Waals surface area contributed by atoms with Crippen molar-refractivity contribution in [3.05, 3.63) is 64.9 Å².